The first-order chi connectivity index (χ1) is 15.9. The molecule has 3 aromatic carbocycles. The van der Waals surface area contributed by atoms with Crippen LogP contribution in [-0.4, -0.2) is 31.7 Å². The van der Waals surface area contributed by atoms with Crippen molar-refractivity contribution in [3.8, 4) is 0 Å². The largest absolute Gasteiger partial charge is 0.349 e. The van der Waals surface area contributed by atoms with Crippen LogP contribution in [0.4, 0.5) is 4.39 Å². The smallest absolute Gasteiger partial charge is 0.243 e. The maximum absolute atomic E-state index is 13.2. The lowest BCUT2D eigenvalue weighted by Crippen LogP contribution is -2.46. The average molecular weight is 467 g/mol. The van der Waals surface area contributed by atoms with E-state index in [4.69, 9.17) is 0 Å². The van der Waals surface area contributed by atoms with E-state index in [0.29, 0.717) is 25.8 Å². The van der Waals surface area contributed by atoms with Crippen molar-refractivity contribution >= 4 is 15.9 Å². The fourth-order valence-corrected chi connectivity index (χ4v) is 5.73. The molecule has 5 nitrogen and oxygen atoms in total. The Morgan fingerprint density at radius 1 is 0.970 bits per heavy atom. The Hall–Kier alpha value is -3.03. The third kappa shape index (κ3) is 5.67. The van der Waals surface area contributed by atoms with E-state index in [1.54, 1.807) is 0 Å². The summed E-state index contributed by atoms with van der Waals surface area (Å²) < 4.78 is 40.6. The number of hydrogen-bond donors (Lipinski definition) is 1. The Labute approximate surface area is 194 Å². The average Bonchev–Trinajstić information content (AvgIpc) is 2.85. The van der Waals surface area contributed by atoms with Gasteiger partial charge in [0.15, 0.2) is 0 Å². The van der Waals surface area contributed by atoms with Crippen molar-refractivity contribution in [2.75, 3.05) is 13.1 Å². The van der Waals surface area contributed by atoms with E-state index in [2.05, 4.69) is 5.32 Å². The van der Waals surface area contributed by atoms with Gasteiger partial charge in [0.2, 0.25) is 15.9 Å². The van der Waals surface area contributed by atoms with Crippen LogP contribution in [0, 0.1) is 11.7 Å². The summed E-state index contributed by atoms with van der Waals surface area (Å²) in [5, 5.41) is 3.16. The summed E-state index contributed by atoms with van der Waals surface area (Å²) >= 11 is 0. The molecule has 3 aromatic rings. The fraction of sp³-hybridized carbons (Fsp3) is 0.269. The molecule has 2 atom stereocenters. The van der Waals surface area contributed by atoms with Crippen LogP contribution in [0.1, 0.15) is 30.0 Å². The number of amides is 1. The molecule has 0 aromatic heterocycles. The first kappa shape index (κ1) is 23.1. The van der Waals surface area contributed by atoms with E-state index in [1.807, 2.05) is 60.7 Å². The maximum Gasteiger partial charge on any atom is 0.243 e. The summed E-state index contributed by atoms with van der Waals surface area (Å²) in [5.74, 6) is -1.09. The van der Waals surface area contributed by atoms with Crippen molar-refractivity contribution in [3.05, 3.63) is 102 Å². The molecule has 0 unspecified atom stereocenters. The summed E-state index contributed by atoms with van der Waals surface area (Å²) in [5.41, 5.74) is 2.11. The van der Waals surface area contributed by atoms with Gasteiger partial charge < -0.3 is 5.32 Å². The van der Waals surface area contributed by atoms with Gasteiger partial charge in [-0.25, -0.2) is 12.8 Å². The number of rotatable bonds is 7. The first-order valence-corrected chi connectivity index (χ1v) is 12.5. The van der Waals surface area contributed by atoms with Crippen LogP contribution in [-0.2, 0) is 21.2 Å². The van der Waals surface area contributed by atoms with Crippen molar-refractivity contribution in [2.45, 2.75) is 30.2 Å². The Kier molecular flexibility index (Phi) is 7.20. The van der Waals surface area contributed by atoms with Crippen LogP contribution < -0.4 is 5.32 Å². The SMILES string of the molecule is O=C(N[C@H](Cc1ccccc1)c1ccccc1)[C@H]1CCCN(S(=O)(=O)c2ccc(F)cc2)C1. The topological polar surface area (TPSA) is 66.5 Å². The molecule has 4 rings (SSSR count). The Balaban J connectivity index is 1.49. The number of carbonyl (C=O) groups excluding carboxylic acids is 1. The molecule has 1 amide bonds. The van der Waals surface area contributed by atoms with Crippen molar-refractivity contribution in [3.63, 3.8) is 0 Å². The van der Waals surface area contributed by atoms with Gasteiger partial charge in [0.1, 0.15) is 5.82 Å². The second kappa shape index (κ2) is 10.3. The van der Waals surface area contributed by atoms with Crippen LogP contribution in [0.5, 0.6) is 0 Å². The molecule has 1 saturated heterocycles. The Bertz CT molecular complexity index is 1170. The van der Waals surface area contributed by atoms with Crippen molar-refractivity contribution in [1.82, 2.24) is 9.62 Å². The number of halogens is 1. The van der Waals surface area contributed by atoms with Gasteiger partial charge in [-0.1, -0.05) is 60.7 Å². The van der Waals surface area contributed by atoms with Gasteiger partial charge in [0, 0.05) is 13.1 Å². The van der Waals surface area contributed by atoms with Crippen LogP contribution >= 0.6 is 0 Å². The molecule has 1 aliphatic heterocycles. The van der Waals surface area contributed by atoms with Gasteiger partial charge in [-0.05, 0) is 54.7 Å². The normalized spacial score (nSPS) is 17.9. The number of hydrogen-bond acceptors (Lipinski definition) is 3. The number of nitrogens with one attached hydrogen (secondary N) is 1. The van der Waals surface area contributed by atoms with Gasteiger partial charge in [-0.15, -0.1) is 0 Å². The zero-order chi connectivity index (χ0) is 23.3. The lowest BCUT2D eigenvalue weighted by atomic mass is 9.95. The van der Waals surface area contributed by atoms with E-state index in [0.717, 1.165) is 23.3 Å². The van der Waals surface area contributed by atoms with Crippen molar-refractivity contribution < 1.29 is 17.6 Å². The molecule has 1 N–H and O–H groups in total. The zero-order valence-corrected chi connectivity index (χ0v) is 19.0. The minimum Gasteiger partial charge on any atom is -0.349 e. The van der Waals surface area contributed by atoms with Crippen LogP contribution in [0.15, 0.2) is 89.8 Å². The monoisotopic (exact) mass is 466 g/mol. The predicted molar refractivity (Wildman–Crippen MR) is 125 cm³/mol. The molecular weight excluding hydrogens is 439 g/mol. The van der Waals surface area contributed by atoms with Crippen LogP contribution in [0.2, 0.25) is 0 Å². The summed E-state index contributed by atoms with van der Waals surface area (Å²) in [6.07, 6.45) is 1.85. The molecule has 172 valence electrons. The highest BCUT2D eigenvalue weighted by Crippen LogP contribution is 2.26. The highest BCUT2D eigenvalue weighted by molar-refractivity contribution is 7.89. The standard InChI is InChI=1S/C26H27FN2O3S/c27-23-13-15-24(16-14-23)33(31,32)29-17-7-12-22(19-29)26(30)28-25(21-10-5-2-6-11-21)18-20-8-3-1-4-9-20/h1-6,8-11,13-16,22,25H,7,12,17-19H2,(H,28,30)/t22-,25+/m0/s1. The predicted octanol–water partition coefficient (Wildman–Crippen LogP) is 4.33. The molecule has 0 saturated carbocycles. The van der Waals surface area contributed by atoms with Gasteiger partial charge in [0.25, 0.3) is 0 Å². The molecule has 0 spiro atoms. The summed E-state index contributed by atoms with van der Waals surface area (Å²) in [7, 11) is -3.79. The van der Waals surface area contributed by atoms with E-state index >= 15 is 0 Å². The van der Waals surface area contributed by atoms with E-state index in [-0.39, 0.29) is 23.4 Å². The summed E-state index contributed by atoms with van der Waals surface area (Å²) in [4.78, 5) is 13.3. The van der Waals surface area contributed by atoms with E-state index in [1.165, 1.54) is 16.4 Å². The number of piperidine rings is 1. The number of carbonyl (C=O) groups is 1. The maximum atomic E-state index is 13.2. The number of benzene rings is 3. The molecular formula is C26H27FN2O3S. The third-order valence-corrected chi connectivity index (χ3v) is 7.89. The quantitative estimate of drug-likeness (QED) is 0.564. The molecule has 1 aliphatic rings. The lowest BCUT2D eigenvalue weighted by molar-refractivity contribution is -0.126. The molecule has 7 heteroatoms. The molecule has 0 bridgehead atoms. The number of sulfonamides is 1. The van der Waals surface area contributed by atoms with Gasteiger partial charge in [0.05, 0.1) is 16.9 Å². The summed E-state index contributed by atoms with van der Waals surface area (Å²) in [6, 6.07) is 24.3. The van der Waals surface area contributed by atoms with Gasteiger partial charge >= 0.3 is 0 Å². The lowest BCUT2D eigenvalue weighted by Gasteiger charge is -2.32. The fourth-order valence-electron chi connectivity index (χ4n) is 4.21. The second-order valence-electron chi connectivity index (χ2n) is 8.32. The second-order valence-corrected chi connectivity index (χ2v) is 10.3. The highest BCUT2D eigenvalue weighted by atomic mass is 32.2. The molecule has 1 heterocycles. The molecule has 33 heavy (non-hydrogen) atoms. The molecule has 0 aliphatic carbocycles. The van der Waals surface area contributed by atoms with Gasteiger partial charge in [-0.2, -0.15) is 4.31 Å². The van der Waals surface area contributed by atoms with Gasteiger partial charge in [-0.3, -0.25) is 4.79 Å². The van der Waals surface area contributed by atoms with Crippen molar-refractivity contribution in [1.29, 1.82) is 0 Å². The minimum atomic E-state index is -3.79. The molecule has 1 fully saturated rings. The Morgan fingerprint density at radius 2 is 1.61 bits per heavy atom. The zero-order valence-electron chi connectivity index (χ0n) is 18.2. The van der Waals surface area contributed by atoms with Crippen LogP contribution in [0.25, 0.3) is 0 Å². The summed E-state index contributed by atoms with van der Waals surface area (Å²) in [6.45, 7) is 0.452. The van der Waals surface area contributed by atoms with E-state index in [9.17, 15) is 17.6 Å². The van der Waals surface area contributed by atoms with Crippen LogP contribution in [0.3, 0.4) is 0 Å². The minimum absolute atomic E-state index is 0.0381. The first-order valence-electron chi connectivity index (χ1n) is 11.1. The number of nitrogens with zero attached hydrogens (tertiary/aromatic N) is 1. The van der Waals surface area contributed by atoms with E-state index < -0.39 is 21.8 Å². The molecule has 0 radical (unpaired) electrons. The Morgan fingerprint density at radius 3 is 2.27 bits per heavy atom. The highest BCUT2D eigenvalue weighted by Gasteiger charge is 2.34. The third-order valence-electron chi connectivity index (χ3n) is 6.01. The van der Waals surface area contributed by atoms with Crippen molar-refractivity contribution in [2.24, 2.45) is 5.92 Å².